The third-order valence-electron chi connectivity index (χ3n) is 2.23. The van der Waals surface area contributed by atoms with Gasteiger partial charge in [-0.25, -0.2) is 4.39 Å². The molecule has 0 aromatic rings. The highest BCUT2D eigenvalue weighted by atomic mass is 19.1. The number of nitrogens with zero attached hydrogens (tertiary/aromatic N) is 1. The Morgan fingerprint density at radius 3 is 2.44 bits per heavy atom. The molecule has 2 heteroatoms. The van der Waals surface area contributed by atoms with E-state index in [1.807, 2.05) is 4.90 Å². The number of halogens is 1. The first-order chi connectivity index (χ1) is 4.38. The van der Waals surface area contributed by atoms with E-state index in [9.17, 15) is 4.39 Å². The Morgan fingerprint density at radius 1 is 1.22 bits per heavy atom. The zero-order valence-corrected chi connectivity index (χ0v) is 5.52. The van der Waals surface area contributed by atoms with Crippen molar-refractivity contribution in [3.63, 3.8) is 0 Å². The Balaban J connectivity index is 1.93. The van der Waals surface area contributed by atoms with Crippen molar-refractivity contribution in [1.82, 2.24) is 4.90 Å². The van der Waals surface area contributed by atoms with Crippen LogP contribution in [0.2, 0.25) is 0 Å². The lowest BCUT2D eigenvalue weighted by atomic mass is 10.4. The van der Waals surface area contributed by atoms with E-state index in [4.69, 9.17) is 0 Å². The largest absolute Gasteiger partial charge is 0.271 e. The van der Waals surface area contributed by atoms with Gasteiger partial charge in [-0.15, -0.1) is 0 Å². The number of rotatable bonds is 1. The summed E-state index contributed by atoms with van der Waals surface area (Å²) in [7, 11) is 0. The first kappa shape index (κ1) is 5.66. The van der Waals surface area contributed by atoms with Gasteiger partial charge in [0.1, 0.15) is 0 Å². The highest BCUT2D eigenvalue weighted by Crippen LogP contribution is 2.33. The molecule has 2 rings (SSSR count). The van der Waals surface area contributed by atoms with Crippen LogP contribution in [0.1, 0.15) is 25.7 Å². The Bertz CT molecular complexity index is 111. The maximum Gasteiger partial charge on any atom is 0.153 e. The normalized spacial score (nSPS) is 37.7. The van der Waals surface area contributed by atoms with Crippen LogP contribution < -0.4 is 0 Å². The minimum absolute atomic E-state index is 0.600. The summed E-state index contributed by atoms with van der Waals surface area (Å²) in [6.45, 7) is 1.01. The average molecular weight is 129 g/mol. The van der Waals surface area contributed by atoms with Gasteiger partial charge in [0.2, 0.25) is 0 Å². The zero-order chi connectivity index (χ0) is 6.27. The molecule has 9 heavy (non-hydrogen) atoms. The summed E-state index contributed by atoms with van der Waals surface area (Å²) in [5, 5.41) is 0. The van der Waals surface area contributed by atoms with Crippen LogP contribution in [0.15, 0.2) is 0 Å². The third kappa shape index (κ3) is 0.960. The van der Waals surface area contributed by atoms with Crippen molar-refractivity contribution in [3.8, 4) is 0 Å². The number of likely N-dealkylation sites (tertiary alicyclic amines) is 1. The van der Waals surface area contributed by atoms with Crippen LogP contribution in [0.25, 0.3) is 0 Å². The van der Waals surface area contributed by atoms with Gasteiger partial charge in [0.15, 0.2) is 6.30 Å². The van der Waals surface area contributed by atoms with Gasteiger partial charge in [0.05, 0.1) is 0 Å². The van der Waals surface area contributed by atoms with Gasteiger partial charge in [-0.2, -0.15) is 0 Å². The van der Waals surface area contributed by atoms with Gasteiger partial charge in [0.25, 0.3) is 0 Å². The minimum atomic E-state index is -0.600. The Morgan fingerprint density at radius 2 is 2.00 bits per heavy atom. The third-order valence-corrected chi connectivity index (χ3v) is 2.23. The highest BCUT2D eigenvalue weighted by molar-refractivity contribution is 4.88. The molecule has 1 heterocycles. The molecular weight excluding hydrogens is 117 g/mol. The predicted molar refractivity (Wildman–Crippen MR) is 33.9 cm³/mol. The Hall–Kier alpha value is -0.110. The molecular formula is C7H12FN. The van der Waals surface area contributed by atoms with Crippen LogP contribution in [0.5, 0.6) is 0 Å². The minimum Gasteiger partial charge on any atom is -0.271 e. The summed E-state index contributed by atoms with van der Waals surface area (Å²) in [5.41, 5.74) is 0. The number of alkyl halides is 1. The lowest BCUT2D eigenvalue weighted by Crippen LogP contribution is -2.27. The van der Waals surface area contributed by atoms with E-state index < -0.39 is 6.30 Å². The molecule has 1 saturated heterocycles. The van der Waals surface area contributed by atoms with Crippen LogP contribution in [0.4, 0.5) is 4.39 Å². The summed E-state index contributed by atoms with van der Waals surface area (Å²) in [6, 6.07) is 0.627. The van der Waals surface area contributed by atoms with Crippen molar-refractivity contribution in [3.05, 3.63) is 0 Å². The molecule has 0 aromatic carbocycles. The van der Waals surface area contributed by atoms with E-state index in [0.717, 1.165) is 19.4 Å². The Labute approximate surface area is 54.8 Å². The van der Waals surface area contributed by atoms with Crippen LogP contribution >= 0.6 is 0 Å². The molecule has 0 aromatic heterocycles. The topological polar surface area (TPSA) is 3.24 Å². The Kier molecular flexibility index (Phi) is 1.22. The molecule has 0 bridgehead atoms. The maximum atomic E-state index is 12.8. The first-order valence-electron chi connectivity index (χ1n) is 3.78. The first-order valence-corrected chi connectivity index (χ1v) is 3.78. The maximum absolute atomic E-state index is 12.8. The van der Waals surface area contributed by atoms with Crippen LogP contribution in [-0.4, -0.2) is 23.8 Å². The predicted octanol–water partition coefficient (Wildman–Crippen LogP) is 1.54. The van der Waals surface area contributed by atoms with Gasteiger partial charge in [-0.3, -0.25) is 4.90 Å². The number of hydrogen-bond acceptors (Lipinski definition) is 1. The van der Waals surface area contributed by atoms with Gasteiger partial charge in [0, 0.05) is 12.6 Å². The molecule has 0 N–H and O–H groups in total. The van der Waals surface area contributed by atoms with Gasteiger partial charge < -0.3 is 0 Å². The van der Waals surface area contributed by atoms with Gasteiger partial charge in [-0.05, 0) is 25.7 Å². The fourth-order valence-electron chi connectivity index (χ4n) is 1.57. The molecule has 1 aliphatic heterocycles. The average Bonchev–Trinajstić information content (AvgIpc) is 2.58. The standard InChI is InChI=1S/C7H12FN/c8-7-2-1-5-9(7)6-3-4-6/h6-7H,1-5H2/t7-/m0/s1. The van der Waals surface area contributed by atoms with E-state index in [1.54, 1.807) is 0 Å². The molecule has 1 saturated carbocycles. The number of hydrogen-bond donors (Lipinski definition) is 0. The summed E-state index contributed by atoms with van der Waals surface area (Å²) in [5.74, 6) is 0. The van der Waals surface area contributed by atoms with E-state index in [1.165, 1.54) is 12.8 Å². The SMILES string of the molecule is F[C@@H]1CCCN1C1CC1. The monoisotopic (exact) mass is 129 g/mol. The molecule has 2 fully saturated rings. The fraction of sp³-hybridized carbons (Fsp3) is 1.00. The van der Waals surface area contributed by atoms with Crippen LogP contribution in [0.3, 0.4) is 0 Å². The second-order valence-corrected chi connectivity index (χ2v) is 3.05. The van der Waals surface area contributed by atoms with Crippen molar-refractivity contribution in [2.24, 2.45) is 0 Å². The molecule has 2 aliphatic rings. The van der Waals surface area contributed by atoms with Crippen molar-refractivity contribution < 1.29 is 4.39 Å². The molecule has 1 nitrogen and oxygen atoms in total. The summed E-state index contributed by atoms with van der Waals surface area (Å²) in [6.07, 6.45) is 3.71. The highest BCUT2D eigenvalue weighted by Gasteiger charge is 2.36. The molecule has 0 spiro atoms. The van der Waals surface area contributed by atoms with Crippen molar-refractivity contribution >= 4 is 0 Å². The molecule has 1 aliphatic carbocycles. The van der Waals surface area contributed by atoms with Crippen molar-refractivity contribution in [2.45, 2.75) is 38.0 Å². The van der Waals surface area contributed by atoms with Crippen LogP contribution in [0, 0.1) is 0 Å². The second-order valence-electron chi connectivity index (χ2n) is 3.05. The molecule has 1 atom stereocenters. The molecule has 0 radical (unpaired) electrons. The molecule has 52 valence electrons. The van der Waals surface area contributed by atoms with E-state index in [2.05, 4.69) is 0 Å². The van der Waals surface area contributed by atoms with E-state index >= 15 is 0 Å². The second kappa shape index (κ2) is 1.94. The molecule has 0 amide bonds. The van der Waals surface area contributed by atoms with Gasteiger partial charge >= 0.3 is 0 Å². The molecule has 0 unspecified atom stereocenters. The summed E-state index contributed by atoms with van der Waals surface area (Å²) in [4.78, 5) is 2.01. The van der Waals surface area contributed by atoms with E-state index in [0.29, 0.717) is 6.04 Å². The fourth-order valence-corrected chi connectivity index (χ4v) is 1.57. The summed E-state index contributed by atoms with van der Waals surface area (Å²) < 4.78 is 12.8. The zero-order valence-electron chi connectivity index (χ0n) is 5.52. The lowest BCUT2D eigenvalue weighted by Gasteiger charge is -2.16. The van der Waals surface area contributed by atoms with Crippen molar-refractivity contribution in [2.75, 3.05) is 6.54 Å². The smallest absolute Gasteiger partial charge is 0.153 e. The van der Waals surface area contributed by atoms with Crippen molar-refractivity contribution in [1.29, 1.82) is 0 Å². The van der Waals surface area contributed by atoms with Crippen LogP contribution in [-0.2, 0) is 0 Å². The quantitative estimate of drug-likeness (QED) is 0.485. The lowest BCUT2D eigenvalue weighted by molar-refractivity contribution is 0.120. The summed E-state index contributed by atoms with van der Waals surface area (Å²) >= 11 is 0. The van der Waals surface area contributed by atoms with E-state index in [-0.39, 0.29) is 0 Å². The van der Waals surface area contributed by atoms with Gasteiger partial charge in [-0.1, -0.05) is 0 Å².